The average Bonchev–Trinajstić information content (AvgIpc) is 3.04. The number of hydrogen-bond donors (Lipinski definition) is 1. The van der Waals surface area contributed by atoms with Gasteiger partial charge in [-0.3, -0.25) is 4.79 Å². The number of carbonyl (C=O) groups is 2. The second kappa shape index (κ2) is 6.39. The van der Waals surface area contributed by atoms with Crippen LogP contribution in [0.2, 0.25) is 0 Å². The molecule has 0 aromatic rings. The fourth-order valence-electron chi connectivity index (χ4n) is 4.33. The van der Waals surface area contributed by atoms with Crippen molar-refractivity contribution < 1.29 is 23.1 Å². The minimum atomic E-state index is -3.21. The summed E-state index contributed by atoms with van der Waals surface area (Å²) in [7, 11) is -3.21. The first-order chi connectivity index (χ1) is 10.9. The van der Waals surface area contributed by atoms with E-state index in [1.54, 1.807) is 4.90 Å². The number of amides is 1. The SMILES string of the molecule is O=C(O)[C@@H]1C[C@@H]2CCCC[C@H]2N1C(=O)CCN1CCCS1(=O)=O. The molecule has 0 unspecified atom stereocenters. The lowest BCUT2D eigenvalue weighted by Gasteiger charge is -2.33. The normalized spacial score (nSPS) is 33.6. The van der Waals surface area contributed by atoms with Gasteiger partial charge in [0.05, 0.1) is 5.75 Å². The lowest BCUT2D eigenvalue weighted by Crippen LogP contribution is -2.47. The second-order valence-electron chi connectivity index (χ2n) is 6.82. The first-order valence-electron chi connectivity index (χ1n) is 8.42. The maximum Gasteiger partial charge on any atom is 0.326 e. The van der Waals surface area contributed by atoms with E-state index in [1.165, 1.54) is 4.31 Å². The second-order valence-corrected chi connectivity index (χ2v) is 8.91. The molecular formula is C15H24N2O5S. The number of hydrogen-bond acceptors (Lipinski definition) is 4. The zero-order valence-corrected chi connectivity index (χ0v) is 14.0. The van der Waals surface area contributed by atoms with Crippen molar-refractivity contribution in [3.63, 3.8) is 0 Å². The van der Waals surface area contributed by atoms with Gasteiger partial charge in [0.25, 0.3) is 0 Å². The van der Waals surface area contributed by atoms with Crippen molar-refractivity contribution >= 4 is 21.9 Å². The van der Waals surface area contributed by atoms with Gasteiger partial charge in [0.2, 0.25) is 15.9 Å². The van der Waals surface area contributed by atoms with Gasteiger partial charge in [-0.1, -0.05) is 12.8 Å². The third-order valence-corrected chi connectivity index (χ3v) is 7.40. The Morgan fingerprint density at radius 2 is 1.87 bits per heavy atom. The number of carbonyl (C=O) groups excluding carboxylic acids is 1. The topological polar surface area (TPSA) is 95.0 Å². The van der Waals surface area contributed by atoms with E-state index in [-0.39, 0.29) is 36.6 Å². The summed E-state index contributed by atoms with van der Waals surface area (Å²) in [6, 6.07) is -0.724. The minimum absolute atomic E-state index is 0.0209. The molecule has 23 heavy (non-hydrogen) atoms. The van der Waals surface area contributed by atoms with Crippen molar-refractivity contribution in [2.75, 3.05) is 18.8 Å². The van der Waals surface area contributed by atoms with Gasteiger partial charge < -0.3 is 10.0 Å². The highest BCUT2D eigenvalue weighted by Crippen LogP contribution is 2.40. The Balaban J connectivity index is 1.67. The highest BCUT2D eigenvalue weighted by Gasteiger charge is 2.47. The molecule has 2 aliphatic heterocycles. The summed E-state index contributed by atoms with van der Waals surface area (Å²) in [4.78, 5) is 25.7. The Morgan fingerprint density at radius 3 is 2.52 bits per heavy atom. The van der Waals surface area contributed by atoms with Crippen LogP contribution in [0.3, 0.4) is 0 Å². The number of fused-ring (bicyclic) bond motifs is 1. The quantitative estimate of drug-likeness (QED) is 0.808. The predicted molar refractivity (Wildman–Crippen MR) is 83.2 cm³/mol. The van der Waals surface area contributed by atoms with E-state index < -0.39 is 22.0 Å². The number of rotatable bonds is 4. The molecule has 0 radical (unpaired) electrons. The van der Waals surface area contributed by atoms with Gasteiger partial charge in [0.1, 0.15) is 6.04 Å². The lowest BCUT2D eigenvalue weighted by atomic mass is 9.84. The molecule has 0 bridgehead atoms. The van der Waals surface area contributed by atoms with Crippen molar-refractivity contribution in [1.82, 2.24) is 9.21 Å². The number of likely N-dealkylation sites (tertiary alicyclic amines) is 1. The third kappa shape index (κ3) is 3.24. The van der Waals surface area contributed by atoms with Crippen LogP contribution in [-0.2, 0) is 19.6 Å². The molecule has 1 saturated carbocycles. The Bertz CT molecular complexity index is 591. The molecule has 2 saturated heterocycles. The van der Waals surface area contributed by atoms with Gasteiger partial charge in [0, 0.05) is 25.6 Å². The molecule has 2 heterocycles. The Hall–Kier alpha value is -1.15. The smallest absolute Gasteiger partial charge is 0.326 e. The van der Waals surface area contributed by atoms with E-state index in [4.69, 9.17) is 0 Å². The number of carboxylic acid groups (broad SMARTS) is 1. The Kier molecular flexibility index (Phi) is 4.64. The largest absolute Gasteiger partial charge is 0.480 e. The molecule has 8 heteroatoms. The number of aliphatic carboxylic acids is 1. The summed E-state index contributed by atoms with van der Waals surface area (Å²) in [6.07, 6.45) is 5.18. The summed E-state index contributed by atoms with van der Waals surface area (Å²) >= 11 is 0. The van der Waals surface area contributed by atoms with E-state index in [1.807, 2.05) is 0 Å². The fourth-order valence-corrected chi connectivity index (χ4v) is 5.86. The van der Waals surface area contributed by atoms with Crippen LogP contribution < -0.4 is 0 Å². The van der Waals surface area contributed by atoms with Gasteiger partial charge in [-0.25, -0.2) is 17.5 Å². The molecule has 3 aliphatic rings. The zero-order chi connectivity index (χ0) is 16.6. The van der Waals surface area contributed by atoms with Crippen molar-refractivity contribution in [2.24, 2.45) is 5.92 Å². The van der Waals surface area contributed by atoms with Crippen molar-refractivity contribution in [3.05, 3.63) is 0 Å². The first-order valence-corrected chi connectivity index (χ1v) is 10.0. The van der Waals surface area contributed by atoms with E-state index >= 15 is 0 Å². The van der Waals surface area contributed by atoms with E-state index in [0.717, 1.165) is 25.7 Å². The summed E-state index contributed by atoms with van der Waals surface area (Å²) in [5.41, 5.74) is 0. The van der Waals surface area contributed by atoms with Crippen LogP contribution in [0.25, 0.3) is 0 Å². The van der Waals surface area contributed by atoms with Crippen LogP contribution in [-0.4, -0.2) is 65.5 Å². The zero-order valence-electron chi connectivity index (χ0n) is 13.2. The molecule has 7 nitrogen and oxygen atoms in total. The van der Waals surface area contributed by atoms with Crippen molar-refractivity contribution in [1.29, 1.82) is 0 Å². The molecular weight excluding hydrogens is 320 g/mol. The maximum atomic E-state index is 12.6. The summed E-state index contributed by atoms with van der Waals surface area (Å²) in [6.45, 7) is 0.630. The fraction of sp³-hybridized carbons (Fsp3) is 0.867. The monoisotopic (exact) mass is 344 g/mol. The van der Waals surface area contributed by atoms with Crippen LogP contribution in [0.1, 0.15) is 44.9 Å². The van der Waals surface area contributed by atoms with Crippen LogP contribution in [0.15, 0.2) is 0 Å². The van der Waals surface area contributed by atoms with Crippen molar-refractivity contribution in [2.45, 2.75) is 57.0 Å². The van der Waals surface area contributed by atoms with E-state index in [0.29, 0.717) is 19.4 Å². The molecule has 3 fully saturated rings. The van der Waals surface area contributed by atoms with E-state index in [2.05, 4.69) is 0 Å². The van der Waals surface area contributed by atoms with Gasteiger partial charge in [0.15, 0.2) is 0 Å². The molecule has 130 valence electrons. The van der Waals surface area contributed by atoms with E-state index in [9.17, 15) is 23.1 Å². The highest BCUT2D eigenvalue weighted by molar-refractivity contribution is 7.89. The number of nitrogens with zero attached hydrogens (tertiary/aromatic N) is 2. The first kappa shape index (κ1) is 16.7. The third-order valence-electron chi connectivity index (χ3n) is 5.44. The van der Waals surface area contributed by atoms with Crippen LogP contribution >= 0.6 is 0 Å². The number of sulfonamides is 1. The summed E-state index contributed by atoms with van der Waals surface area (Å²) in [5.74, 6) is -0.729. The van der Waals surface area contributed by atoms with Gasteiger partial charge >= 0.3 is 5.97 Å². The molecule has 1 amide bonds. The maximum absolute atomic E-state index is 12.6. The Morgan fingerprint density at radius 1 is 1.13 bits per heavy atom. The van der Waals surface area contributed by atoms with Gasteiger partial charge in [-0.2, -0.15) is 0 Å². The van der Waals surface area contributed by atoms with Gasteiger partial charge in [-0.05, 0) is 31.6 Å². The summed E-state index contributed by atoms with van der Waals surface area (Å²) < 4.78 is 25.0. The van der Waals surface area contributed by atoms with Crippen LogP contribution in [0, 0.1) is 5.92 Å². The number of carboxylic acids is 1. The molecule has 3 rings (SSSR count). The standard InChI is InChI=1S/C15H24N2O5S/c18-14(6-8-16-7-3-9-23(16,21)22)17-12-5-2-1-4-11(12)10-13(17)15(19)20/h11-13H,1-10H2,(H,19,20)/t11-,12+,13-/m0/s1. The summed E-state index contributed by atoms with van der Waals surface area (Å²) in [5, 5.41) is 9.44. The highest BCUT2D eigenvalue weighted by atomic mass is 32.2. The van der Waals surface area contributed by atoms with Crippen LogP contribution in [0.5, 0.6) is 0 Å². The van der Waals surface area contributed by atoms with Crippen molar-refractivity contribution in [3.8, 4) is 0 Å². The minimum Gasteiger partial charge on any atom is -0.480 e. The molecule has 0 aromatic heterocycles. The molecule has 1 aliphatic carbocycles. The molecule has 1 N–H and O–H groups in total. The predicted octanol–water partition coefficient (Wildman–Crippen LogP) is 0.656. The lowest BCUT2D eigenvalue weighted by molar-refractivity contribution is -0.149. The average molecular weight is 344 g/mol. The molecule has 3 atom stereocenters. The van der Waals surface area contributed by atoms with Gasteiger partial charge in [-0.15, -0.1) is 0 Å². The Labute approximate surface area is 136 Å². The van der Waals surface area contributed by atoms with Crippen LogP contribution in [0.4, 0.5) is 0 Å². The molecule has 0 aromatic carbocycles. The molecule has 0 spiro atoms.